The summed E-state index contributed by atoms with van der Waals surface area (Å²) >= 11 is 7.60. The zero-order valence-corrected chi connectivity index (χ0v) is 13.6. The molecule has 3 aromatic rings. The molecule has 0 aliphatic carbocycles. The molecule has 0 saturated carbocycles. The standard InChI is InChI=1S/C16H17ClN2OS/c1-3-11(2)12-4-6-13(7-5-12)20-15-14(10-17)19-8-9-21-16(19)18-15/h4-9,11H,3,10H2,1-2H3. The van der Waals surface area contributed by atoms with E-state index in [0.29, 0.717) is 17.7 Å². The summed E-state index contributed by atoms with van der Waals surface area (Å²) in [7, 11) is 0. The molecular weight excluding hydrogens is 304 g/mol. The third kappa shape index (κ3) is 2.78. The van der Waals surface area contributed by atoms with E-state index in [1.54, 1.807) is 11.3 Å². The molecule has 0 spiro atoms. The van der Waals surface area contributed by atoms with Crippen LogP contribution in [0, 0.1) is 0 Å². The zero-order chi connectivity index (χ0) is 14.8. The molecule has 3 nitrogen and oxygen atoms in total. The van der Waals surface area contributed by atoms with Crippen LogP contribution in [0.15, 0.2) is 35.8 Å². The van der Waals surface area contributed by atoms with E-state index in [0.717, 1.165) is 22.8 Å². The van der Waals surface area contributed by atoms with Crippen molar-refractivity contribution in [3.8, 4) is 11.6 Å². The average Bonchev–Trinajstić information content (AvgIpc) is 3.07. The van der Waals surface area contributed by atoms with Crippen LogP contribution >= 0.6 is 22.9 Å². The highest BCUT2D eigenvalue weighted by atomic mass is 35.5. The molecule has 2 aromatic heterocycles. The lowest BCUT2D eigenvalue weighted by Crippen LogP contribution is -1.93. The van der Waals surface area contributed by atoms with E-state index in [4.69, 9.17) is 16.3 Å². The number of aromatic nitrogens is 2. The Kier molecular flexibility index (Phi) is 4.17. The van der Waals surface area contributed by atoms with Gasteiger partial charge in [-0.1, -0.05) is 26.0 Å². The van der Waals surface area contributed by atoms with Gasteiger partial charge in [0.05, 0.1) is 5.88 Å². The van der Waals surface area contributed by atoms with E-state index in [1.807, 2.05) is 28.1 Å². The monoisotopic (exact) mass is 320 g/mol. The van der Waals surface area contributed by atoms with E-state index in [9.17, 15) is 0 Å². The number of nitrogens with zero attached hydrogens (tertiary/aromatic N) is 2. The number of alkyl halides is 1. The van der Waals surface area contributed by atoms with Crippen molar-refractivity contribution in [2.75, 3.05) is 0 Å². The van der Waals surface area contributed by atoms with Gasteiger partial charge in [0, 0.05) is 11.6 Å². The summed E-state index contributed by atoms with van der Waals surface area (Å²) in [6.45, 7) is 4.42. The summed E-state index contributed by atoms with van der Waals surface area (Å²) < 4.78 is 7.88. The Morgan fingerprint density at radius 1 is 1.33 bits per heavy atom. The number of halogens is 1. The predicted octanol–water partition coefficient (Wildman–Crippen LogP) is 5.44. The highest BCUT2D eigenvalue weighted by molar-refractivity contribution is 7.15. The van der Waals surface area contributed by atoms with Gasteiger partial charge in [-0.15, -0.1) is 22.9 Å². The van der Waals surface area contributed by atoms with Crippen molar-refractivity contribution >= 4 is 27.9 Å². The summed E-state index contributed by atoms with van der Waals surface area (Å²) in [4.78, 5) is 5.39. The minimum atomic E-state index is 0.373. The van der Waals surface area contributed by atoms with Crippen LogP contribution in [0.3, 0.4) is 0 Å². The van der Waals surface area contributed by atoms with Gasteiger partial charge >= 0.3 is 0 Å². The van der Waals surface area contributed by atoms with Gasteiger partial charge in [-0.25, -0.2) is 0 Å². The van der Waals surface area contributed by atoms with E-state index in [-0.39, 0.29) is 0 Å². The second-order valence-corrected chi connectivity index (χ2v) is 6.17. The van der Waals surface area contributed by atoms with Crippen molar-refractivity contribution in [2.45, 2.75) is 32.1 Å². The van der Waals surface area contributed by atoms with Crippen LogP contribution < -0.4 is 4.74 Å². The van der Waals surface area contributed by atoms with E-state index >= 15 is 0 Å². The molecule has 0 aliphatic heterocycles. The summed E-state index contributed by atoms with van der Waals surface area (Å²) in [5.74, 6) is 2.32. The van der Waals surface area contributed by atoms with Crippen molar-refractivity contribution in [2.24, 2.45) is 0 Å². The molecule has 0 fully saturated rings. The Labute approximate surface area is 133 Å². The van der Waals surface area contributed by atoms with Crippen molar-refractivity contribution in [1.82, 2.24) is 9.38 Å². The maximum absolute atomic E-state index is 6.02. The second-order valence-electron chi connectivity index (χ2n) is 5.03. The number of imidazole rings is 1. The molecule has 0 saturated heterocycles. The molecule has 3 rings (SSSR count). The highest BCUT2D eigenvalue weighted by Gasteiger charge is 2.14. The fourth-order valence-corrected chi connectivity index (χ4v) is 3.20. The average molecular weight is 321 g/mol. The molecule has 1 aromatic carbocycles. The first-order valence-corrected chi connectivity index (χ1v) is 8.42. The maximum Gasteiger partial charge on any atom is 0.243 e. The lowest BCUT2D eigenvalue weighted by atomic mass is 9.99. The Bertz CT molecular complexity index is 732. The summed E-state index contributed by atoms with van der Waals surface area (Å²) in [5.41, 5.74) is 2.21. The minimum Gasteiger partial charge on any atom is -0.437 e. The Morgan fingerprint density at radius 2 is 2.10 bits per heavy atom. The number of hydrogen-bond acceptors (Lipinski definition) is 3. The zero-order valence-electron chi connectivity index (χ0n) is 12.0. The number of ether oxygens (including phenoxy) is 1. The first-order chi connectivity index (χ1) is 10.2. The fourth-order valence-electron chi connectivity index (χ4n) is 2.23. The Morgan fingerprint density at radius 3 is 2.76 bits per heavy atom. The second kappa shape index (κ2) is 6.08. The van der Waals surface area contributed by atoms with Crippen LogP contribution in [0.1, 0.15) is 37.4 Å². The van der Waals surface area contributed by atoms with E-state index in [1.165, 1.54) is 5.56 Å². The first kappa shape index (κ1) is 14.4. The SMILES string of the molecule is CCC(C)c1ccc(Oc2nc3sccn3c2CCl)cc1. The number of rotatable bonds is 5. The van der Waals surface area contributed by atoms with Crippen molar-refractivity contribution < 1.29 is 4.74 Å². The van der Waals surface area contributed by atoms with Gasteiger partial charge in [0.15, 0.2) is 4.96 Å². The molecule has 2 heterocycles. The summed E-state index contributed by atoms with van der Waals surface area (Å²) in [6, 6.07) is 8.21. The van der Waals surface area contributed by atoms with Crippen molar-refractivity contribution in [3.63, 3.8) is 0 Å². The lowest BCUT2D eigenvalue weighted by molar-refractivity contribution is 0.461. The molecule has 21 heavy (non-hydrogen) atoms. The third-order valence-corrected chi connectivity index (χ3v) is 4.74. The number of fused-ring (bicyclic) bond motifs is 1. The van der Waals surface area contributed by atoms with Crippen LogP contribution in [0.4, 0.5) is 0 Å². The Balaban J connectivity index is 1.86. The lowest BCUT2D eigenvalue weighted by Gasteiger charge is -2.10. The van der Waals surface area contributed by atoms with Crippen LogP contribution in [0.25, 0.3) is 4.96 Å². The molecule has 0 radical (unpaired) electrons. The van der Waals surface area contributed by atoms with Crippen molar-refractivity contribution in [3.05, 3.63) is 47.1 Å². The summed E-state index contributed by atoms with van der Waals surface area (Å²) in [6.07, 6.45) is 3.09. The van der Waals surface area contributed by atoms with E-state index < -0.39 is 0 Å². The van der Waals surface area contributed by atoms with Crippen LogP contribution in [0.2, 0.25) is 0 Å². The van der Waals surface area contributed by atoms with Gasteiger partial charge in [0.2, 0.25) is 5.88 Å². The van der Waals surface area contributed by atoms with Crippen molar-refractivity contribution in [1.29, 1.82) is 0 Å². The molecule has 0 bridgehead atoms. The highest BCUT2D eigenvalue weighted by Crippen LogP contribution is 2.30. The van der Waals surface area contributed by atoms with Crippen LogP contribution in [0.5, 0.6) is 11.6 Å². The largest absolute Gasteiger partial charge is 0.437 e. The van der Waals surface area contributed by atoms with Gasteiger partial charge in [-0.05, 0) is 30.0 Å². The number of thiazole rings is 1. The number of hydrogen-bond donors (Lipinski definition) is 0. The first-order valence-electron chi connectivity index (χ1n) is 7.01. The summed E-state index contributed by atoms with van der Waals surface area (Å²) in [5, 5.41) is 1.99. The molecular formula is C16H17ClN2OS. The minimum absolute atomic E-state index is 0.373. The molecule has 1 atom stereocenters. The predicted molar refractivity (Wildman–Crippen MR) is 87.8 cm³/mol. The molecule has 0 N–H and O–H groups in total. The topological polar surface area (TPSA) is 26.5 Å². The molecule has 110 valence electrons. The quantitative estimate of drug-likeness (QED) is 0.585. The molecule has 5 heteroatoms. The fraction of sp³-hybridized carbons (Fsp3) is 0.312. The van der Waals surface area contributed by atoms with Crippen LogP contribution in [-0.4, -0.2) is 9.38 Å². The Hall–Kier alpha value is -1.52. The van der Waals surface area contributed by atoms with Crippen LogP contribution in [-0.2, 0) is 5.88 Å². The number of benzene rings is 1. The smallest absolute Gasteiger partial charge is 0.243 e. The third-order valence-electron chi connectivity index (χ3n) is 3.73. The molecule has 0 aliphatic rings. The van der Waals surface area contributed by atoms with Gasteiger partial charge in [-0.2, -0.15) is 4.98 Å². The van der Waals surface area contributed by atoms with Gasteiger partial charge in [-0.3, -0.25) is 4.40 Å². The van der Waals surface area contributed by atoms with Gasteiger partial charge < -0.3 is 4.74 Å². The molecule has 1 unspecified atom stereocenters. The maximum atomic E-state index is 6.02. The van der Waals surface area contributed by atoms with Gasteiger partial charge in [0.25, 0.3) is 0 Å². The molecule has 0 amide bonds. The van der Waals surface area contributed by atoms with Gasteiger partial charge in [0.1, 0.15) is 11.4 Å². The normalized spacial score (nSPS) is 12.7. The van der Waals surface area contributed by atoms with E-state index in [2.05, 4.69) is 31.0 Å².